The number of nitrogens with one attached hydrogen (secondary N) is 2. The first-order chi connectivity index (χ1) is 11.6. The summed E-state index contributed by atoms with van der Waals surface area (Å²) in [5.41, 5.74) is 2.59. The van der Waals surface area contributed by atoms with Gasteiger partial charge in [0.25, 0.3) is 0 Å². The highest BCUT2D eigenvalue weighted by Crippen LogP contribution is 2.12. The van der Waals surface area contributed by atoms with Gasteiger partial charge < -0.3 is 15.4 Å². The van der Waals surface area contributed by atoms with Crippen LogP contribution in [0.3, 0.4) is 0 Å². The largest absolute Gasteiger partial charge is 0.376 e. The molecule has 1 fully saturated rings. The normalized spacial score (nSPS) is 19.5. The Morgan fingerprint density at radius 3 is 2.88 bits per heavy atom. The van der Waals surface area contributed by atoms with Crippen LogP contribution in [0.5, 0.6) is 0 Å². The summed E-state index contributed by atoms with van der Waals surface area (Å²) in [7, 11) is 0. The van der Waals surface area contributed by atoms with E-state index in [1.54, 1.807) is 0 Å². The van der Waals surface area contributed by atoms with Gasteiger partial charge in [-0.25, -0.2) is 4.99 Å². The summed E-state index contributed by atoms with van der Waals surface area (Å²) >= 11 is 0. The van der Waals surface area contributed by atoms with Gasteiger partial charge in [0, 0.05) is 32.2 Å². The maximum absolute atomic E-state index is 5.62. The number of nitrogens with zero attached hydrogens (tertiary/aromatic N) is 2. The Balaban J connectivity index is 1.96. The Kier molecular flexibility index (Phi) is 7.53. The molecule has 1 aliphatic heterocycles. The van der Waals surface area contributed by atoms with Crippen molar-refractivity contribution in [2.45, 2.75) is 52.9 Å². The van der Waals surface area contributed by atoms with Gasteiger partial charge in [-0.05, 0) is 38.8 Å². The quantitative estimate of drug-likeness (QED) is 0.620. The van der Waals surface area contributed by atoms with Crippen molar-refractivity contribution < 1.29 is 4.74 Å². The fourth-order valence-corrected chi connectivity index (χ4v) is 2.88. The number of benzene rings is 1. The molecule has 0 aliphatic carbocycles. The van der Waals surface area contributed by atoms with Gasteiger partial charge >= 0.3 is 0 Å². The summed E-state index contributed by atoms with van der Waals surface area (Å²) in [5.74, 6) is 0.875. The third kappa shape index (κ3) is 6.49. The number of hydrogen-bond donors (Lipinski definition) is 2. The van der Waals surface area contributed by atoms with Gasteiger partial charge in [0.1, 0.15) is 0 Å². The molecule has 0 amide bonds. The summed E-state index contributed by atoms with van der Waals surface area (Å²) in [6.07, 6.45) is 0.330. The molecule has 1 aromatic rings. The first-order valence-corrected chi connectivity index (χ1v) is 9.03. The molecule has 5 nitrogen and oxygen atoms in total. The number of rotatable bonds is 6. The molecule has 0 saturated carbocycles. The second kappa shape index (κ2) is 9.64. The van der Waals surface area contributed by atoms with Gasteiger partial charge in [0.05, 0.1) is 19.3 Å². The number of aliphatic imine (C=N–C) groups is 1. The molecule has 0 spiro atoms. The zero-order valence-electron chi connectivity index (χ0n) is 15.5. The predicted octanol–water partition coefficient (Wildman–Crippen LogP) is 2.37. The van der Waals surface area contributed by atoms with E-state index in [-0.39, 0.29) is 0 Å². The number of guanidine groups is 1. The van der Waals surface area contributed by atoms with Crippen LogP contribution in [-0.4, -0.2) is 49.2 Å². The molecule has 2 rings (SSSR count). The Bertz CT molecular complexity index is 530. The van der Waals surface area contributed by atoms with Crippen LogP contribution in [0.15, 0.2) is 29.3 Å². The van der Waals surface area contributed by atoms with Gasteiger partial charge in [-0.1, -0.05) is 24.3 Å². The van der Waals surface area contributed by atoms with Crippen molar-refractivity contribution in [3.8, 4) is 0 Å². The van der Waals surface area contributed by atoms with Crippen LogP contribution < -0.4 is 10.6 Å². The second-order valence-corrected chi connectivity index (χ2v) is 6.73. The maximum Gasteiger partial charge on any atom is 0.191 e. The molecule has 24 heavy (non-hydrogen) atoms. The SMILES string of the molecule is CCNC(=NCc1cccc(CN2CCOC(C)C2)c1)NC(C)C. The fraction of sp³-hybridized carbons (Fsp3) is 0.632. The molecule has 5 heteroatoms. The zero-order chi connectivity index (χ0) is 17.4. The van der Waals surface area contributed by atoms with E-state index >= 15 is 0 Å². The minimum Gasteiger partial charge on any atom is -0.376 e. The molecule has 1 heterocycles. The Labute approximate surface area is 146 Å². The molecule has 134 valence electrons. The van der Waals surface area contributed by atoms with Crippen molar-refractivity contribution in [3.05, 3.63) is 35.4 Å². The van der Waals surface area contributed by atoms with Crippen molar-refractivity contribution in [1.29, 1.82) is 0 Å². The zero-order valence-corrected chi connectivity index (χ0v) is 15.5. The van der Waals surface area contributed by atoms with Crippen molar-refractivity contribution in [3.63, 3.8) is 0 Å². The lowest BCUT2D eigenvalue weighted by Crippen LogP contribution is -2.41. The average molecular weight is 332 g/mol. The molecule has 2 N–H and O–H groups in total. The minimum absolute atomic E-state index is 0.330. The molecule has 1 saturated heterocycles. The van der Waals surface area contributed by atoms with Crippen molar-refractivity contribution >= 4 is 5.96 Å². The lowest BCUT2D eigenvalue weighted by Gasteiger charge is -2.31. The first-order valence-electron chi connectivity index (χ1n) is 9.03. The van der Waals surface area contributed by atoms with Gasteiger partial charge in [-0.3, -0.25) is 4.90 Å². The molecule has 1 aliphatic rings. The Morgan fingerprint density at radius 2 is 2.17 bits per heavy atom. The highest BCUT2D eigenvalue weighted by Gasteiger charge is 2.16. The standard InChI is InChI=1S/C19H32N4O/c1-5-20-19(22-15(2)3)21-12-17-7-6-8-18(11-17)14-23-9-10-24-16(4)13-23/h6-8,11,15-16H,5,9-10,12-14H2,1-4H3,(H2,20,21,22). The minimum atomic E-state index is 0.330. The maximum atomic E-state index is 5.62. The molecule has 0 bridgehead atoms. The van der Waals surface area contributed by atoms with Crippen molar-refractivity contribution in [2.75, 3.05) is 26.2 Å². The van der Waals surface area contributed by atoms with Crippen molar-refractivity contribution in [1.82, 2.24) is 15.5 Å². The van der Waals surface area contributed by atoms with Crippen LogP contribution >= 0.6 is 0 Å². The number of morpholine rings is 1. The van der Waals surface area contributed by atoms with Crippen LogP contribution in [0, 0.1) is 0 Å². The molecule has 1 unspecified atom stereocenters. The second-order valence-electron chi connectivity index (χ2n) is 6.73. The van der Waals surface area contributed by atoms with Gasteiger partial charge in [-0.2, -0.15) is 0 Å². The molecular formula is C19H32N4O. The van der Waals surface area contributed by atoms with Gasteiger partial charge in [0.15, 0.2) is 5.96 Å². The smallest absolute Gasteiger partial charge is 0.191 e. The van der Waals surface area contributed by atoms with E-state index in [0.29, 0.717) is 18.7 Å². The third-order valence-electron chi connectivity index (χ3n) is 3.91. The predicted molar refractivity (Wildman–Crippen MR) is 100 cm³/mol. The monoisotopic (exact) mass is 332 g/mol. The summed E-state index contributed by atoms with van der Waals surface area (Å²) in [5, 5.41) is 6.64. The summed E-state index contributed by atoms with van der Waals surface area (Å²) in [4.78, 5) is 7.14. The van der Waals surface area contributed by atoms with E-state index in [4.69, 9.17) is 4.74 Å². The van der Waals surface area contributed by atoms with E-state index in [1.165, 1.54) is 11.1 Å². The van der Waals surface area contributed by atoms with E-state index in [2.05, 4.69) is 72.5 Å². The topological polar surface area (TPSA) is 48.9 Å². The molecular weight excluding hydrogens is 300 g/mol. The molecule has 1 aromatic carbocycles. The van der Waals surface area contributed by atoms with E-state index < -0.39 is 0 Å². The highest BCUT2D eigenvalue weighted by atomic mass is 16.5. The van der Waals surface area contributed by atoms with E-state index in [0.717, 1.165) is 38.7 Å². The van der Waals surface area contributed by atoms with Gasteiger partial charge in [-0.15, -0.1) is 0 Å². The fourth-order valence-electron chi connectivity index (χ4n) is 2.88. The first kappa shape index (κ1) is 18.7. The third-order valence-corrected chi connectivity index (χ3v) is 3.91. The van der Waals surface area contributed by atoms with E-state index in [1.807, 2.05) is 0 Å². The highest BCUT2D eigenvalue weighted by molar-refractivity contribution is 5.79. The summed E-state index contributed by atoms with van der Waals surface area (Å²) in [6, 6.07) is 9.12. The van der Waals surface area contributed by atoms with Crippen LogP contribution in [0.25, 0.3) is 0 Å². The summed E-state index contributed by atoms with van der Waals surface area (Å²) in [6.45, 7) is 13.9. The summed E-state index contributed by atoms with van der Waals surface area (Å²) < 4.78 is 5.62. The lowest BCUT2D eigenvalue weighted by molar-refractivity contribution is -0.0212. The molecule has 0 aromatic heterocycles. The Morgan fingerprint density at radius 1 is 1.38 bits per heavy atom. The van der Waals surface area contributed by atoms with Crippen LogP contribution in [0.4, 0.5) is 0 Å². The number of hydrogen-bond acceptors (Lipinski definition) is 3. The molecule has 1 atom stereocenters. The van der Waals surface area contributed by atoms with Gasteiger partial charge in [0.2, 0.25) is 0 Å². The van der Waals surface area contributed by atoms with Crippen molar-refractivity contribution in [2.24, 2.45) is 4.99 Å². The molecule has 0 radical (unpaired) electrons. The van der Waals surface area contributed by atoms with Crippen LogP contribution in [-0.2, 0) is 17.8 Å². The van der Waals surface area contributed by atoms with E-state index in [9.17, 15) is 0 Å². The lowest BCUT2D eigenvalue weighted by atomic mass is 10.1. The van der Waals surface area contributed by atoms with Crippen LogP contribution in [0.1, 0.15) is 38.8 Å². The van der Waals surface area contributed by atoms with Crippen LogP contribution in [0.2, 0.25) is 0 Å². The number of ether oxygens (including phenoxy) is 1. The average Bonchev–Trinajstić information content (AvgIpc) is 2.53. The Hall–Kier alpha value is -1.59.